The topological polar surface area (TPSA) is 69.6 Å². The number of rotatable bonds is 5. The highest BCUT2D eigenvalue weighted by Crippen LogP contribution is 2.28. The van der Waals surface area contributed by atoms with Crippen LogP contribution in [0.3, 0.4) is 0 Å². The molecule has 5 heteroatoms. The summed E-state index contributed by atoms with van der Waals surface area (Å²) >= 11 is 0. The van der Waals surface area contributed by atoms with Crippen molar-refractivity contribution in [2.75, 3.05) is 13.1 Å². The molecule has 0 bridgehead atoms. The van der Waals surface area contributed by atoms with Gasteiger partial charge in [-0.2, -0.15) is 0 Å². The summed E-state index contributed by atoms with van der Waals surface area (Å²) in [6.07, 6.45) is 3.85. The molecule has 0 aliphatic heterocycles. The van der Waals surface area contributed by atoms with E-state index in [-0.39, 0.29) is 6.03 Å². The van der Waals surface area contributed by atoms with Crippen LogP contribution in [0.15, 0.2) is 0 Å². The maximum Gasteiger partial charge on any atom is 0.329 e. The van der Waals surface area contributed by atoms with E-state index >= 15 is 0 Å². The van der Waals surface area contributed by atoms with E-state index in [1.807, 2.05) is 20.8 Å². The van der Waals surface area contributed by atoms with Crippen molar-refractivity contribution in [2.45, 2.75) is 58.4 Å². The third-order valence-corrected chi connectivity index (χ3v) is 3.72. The third kappa shape index (κ3) is 4.11. The fourth-order valence-corrected chi connectivity index (χ4v) is 2.63. The Labute approximate surface area is 115 Å². The fourth-order valence-electron chi connectivity index (χ4n) is 2.63. The molecular formula is C14H26N2O3. The highest BCUT2D eigenvalue weighted by atomic mass is 16.4. The van der Waals surface area contributed by atoms with E-state index in [1.54, 1.807) is 4.90 Å². The average Bonchev–Trinajstić information content (AvgIpc) is 2.36. The van der Waals surface area contributed by atoms with E-state index in [9.17, 15) is 14.7 Å². The summed E-state index contributed by atoms with van der Waals surface area (Å²) in [5, 5.41) is 12.2. The van der Waals surface area contributed by atoms with Gasteiger partial charge in [0, 0.05) is 13.1 Å². The number of aliphatic carboxylic acids is 1. The largest absolute Gasteiger partial charge is 0.480 e. The number of hydrogen-bond acceptors (Lipinski definition) is 2. The molecule has 0 spiro atoms. The highest BCUT2D eigenvalue weighted by molar-refractivity contribution is 5.86. The van der Waals surface area contributed by atoms with E-state index < -0.39 is 11.5 Å². The maximum atomic E-state index is 12.2. The van der Waals surface area contributed by atoms with Crippen molar-refractivity contribution < 1.29 is 14.7 Å². The van der Waals surface area contributed by atoms with Gasteiger partial charge in [0.15, 0.2) is 0 Å². The number of carboxylic acid groups (broad SMARTS) is 1. The SMILES string of the molecule is CCN(CC(C)C)C(=O)NC1(C(=O)O)CCCCC1. The van der Waals surface area contributed by atoms with E-state index in [4.69, 9.17) is 0 Å². The van der Waals surface area contributed by atoms with Crippen LogP contribution < -0.4 is 5.32 Å². The summed E-state index contributed by atoms with van der Waals surface area (Å²) in [6.45, 7) is 7.25. The standard InChI is InChI=1S/C14H26N2O3/c1-4-16(10-11(2)3)13(19)15-14(12(17)18)8-6-5-7-9-14/h11H,4-10H2,1-3H3,(H,15,19)(H,17,18). The minimum Gasteiger partial charge on any atom is -0.480 e. The van der Waals surface area contributed by atoms with Crippen molar-refractivity contribution in [1.29, 1.82) is 0 Å². The first-order valence-corrected chi connectivity index (χ1v) is 7.22. The highest BCUT2D eigenvalue weighted by Gasteiger charge is 2.41. The minimum absolute atomic E-state index is 0.250. The lowest BCUT2D eigenvalue weighted by atomic mass is 9.82. The number of carboxylic acids is 1. The van der Waals surface area contributed by atoms with Gasteiger partial charge in [0.25, 0.3) is 0 Å². The molecule has 110 valence electrons. The number of hydrogen-bond donors (Lipinski definition) is 2. The van der Waals surface area contributed by atoms with Crippen LogP contribution >= 0.6 is 0 Å². The molecule has 0 saturated heterocycles. The summed E-state index contributed by atoms with van der Waals surface area (Å²) in [5.74, 6) is -0.529. The van der Waals surface area contributed by atoms with E-state index in [0.717, 1.165) is 19.3 Å². The van der Waals surface area contributed by atoms with Gasteiger partial charge in [-0.05, 0) is 25.7 Å². The molecule has 19 heavy (non-hydrogen) atoms. The van der Waals surface area contributed by atoms with Crippen molar-refractivity contribution >= 4 is 12.0 Å². The summed E-state index contributed by atoms with van der Waals surface area (Å²) in [5.41, 5.74) is -1.06. The van der Waals surface area contributed by atoms with Crippen LogP contribution in [0.4, 0.5) is 4.79 Å². The first-order chi connectivity index (χ1) is 8.91. The van der Waals surface area contributed by atoms with Gasteiger partial charge in [0.2, 0.25) is 0 Å². The minimum atomic E-state index is -1.06. The number of carbonyl (C=O) groups excluding carboxylic acids is 1. The van der Waals surface area contributed by atoms with Crippen LogP contribution in [-0.4, -0.2) is 40.6 Å². The average molecular weight is 270 g/mol. The van der Waals surface area contributed by atoms with Crippen LogP contribution in [0, 0.1) is 5.92 Å². The molecule has 1 rings (SSSR count). The van der Waals surface area contributed by atoms with Crippen LogP contribution in [0.1, 0.15) is 52.9 Å². The van der Waals surface area contributed by atoms with Gasteiger partial charge in [-0.15, -0.1) is 0 Å². The van der Waals surface area contributed by atoms with E-state index in [1.165, 1.54) is 0 Å². The zero-order valence-electron chi connectivity index (χ0n) is 12.2. The Morgan fingerprint density at radius 1 is 1.26 bits per heavy atom. The van der Waals surface area contributed by atoms with Crippen LogP contribution in [0.25, 0.3) is 0 Å². The predicted molar refractivity (Wildman–Crippen MR) is 74.1 cm³/mol. The van der Waals surface area contributed by atoms with Gasteiger partial charge >= 0.3 is 12.0 Å². The molecule has 2 N–H and O–H groups in total. The second-order valence-electron chi connectivity index (χ2n) is 5.81. The van der Waals surface area contributed by atoms with Crippen LogP contribution in [0.2, 0.25) is 0 Å². The molecule has 0 heterocycles. The smallest absolute Gasteiger partial charge is 0.329 e. The lowest BCUT2D eigenvalue weighted by Crippen LogP contribution is -2.59. The molecule has 2 amide bonds. The molecule has 0 aromatic carbocycles. The Kier molecular flexibility index (Phi) is 5.63. The van der Waals surface area contributed by atoms with E-state index in [2.05, 4.69) is 5.32 Å². The number of amides is 2. The Bertz CT molecular complexity index is 323. The summed E-state index contributed by atoms with van der Waals surface area (Å²) in [7, 11) is 0. The monoisotopic (exact) mass is 270 g/mol. The van der Waals surface area contributed by atoms with Gasteiger partial charge in [0.05, 0.1) is 0 Å². The second-order valence-corrected chi connectivity index (χ2v) is 5.81. The number of urea groups is 1. The summed E-state index contributed by atoms with van der Waals surface area (Å²) in [4.78, 5) is 25.4. The van der Waals surface area contributed by atoms with Crippen molar-refractivity contribution in [3.8, 4) is 0 Å². The lowest BCUT2D eigenvalue weighted by molar-refractivity contribution is -0.146. The molecule has 0 aromatic heterocycles. The van der Waals surface area contributed by atoms with Gasteiger partial charge in [-0.1, -0.05) is 33.1 Å². The zero-order chi connectivity index (χ0) is 14.5. The zero-order valence-corrected chi connectivity index (χ0v) is 12.2. The predicted octanol–water partition coefficient (Wildman–Crippen LogP) is 2.46. The molecular weight excluding hydrogens is 244 g/mol. The summed E-state index contributed by atoms with van der Waals surface area (Å²) < 4.78 is 0. The molecule has 0 atom stereocenters. The van der Waals surface area contributed by atoms with Crippen LogP contribution in [-0.2, 0) is 4.79 Å². The quantitative estimate of drug-likeness (QED) is 0.806. The van der Waals surface area contributed by atoms with Crippen molar-refractivity contribution in [3.05, 3.63) is 0 Å². The number of nitrogens with one attached hydrogen (secondary N) is 1. The Hall–Kier alpha value is -1.26. The molecule has 5 nitrogen and oxygen atoms in total. The van der Waals surface area contributed by atoms with Gasteiger partial charge in [0.1, 0.15) is 5.54 Å². The third-order valence-electron chi connectivity index (χ3n) is 3.72. The van der Waals surface area contributed by atoms with Gasteiger partial charge in [-0.3, -0.25) is 0 Å². The lowest BCUT2D eigenvalue weighted by Gasteiger charge is -2.36. The van der Waals surface area contributed by atoms with Gasteiger partial charge < -0.3 is 15.3 Å². The first-order valence-electron chi connectivity index (χ1n) is 7.22. The number of nitrogens with zero attached hydrogens (tertiary/aromatic N) is 1. The molecule has 0 aromatic rings. The molecule has 1 aliphatic carbocycles. The fraction of sp³-hybridized carbons (Fsp3) is 0.857. The Balaban J connectivity index is 2.72. The Morgan fingerprint density at radius 3 is 2.26 bits per heavy atom. The Morgan fingerprint density at radius 2 is 1.84 bits per heavy atom. The van der Waals surface area contributed by atoms with Gasteiger partial charge in [-0.25, -0.2) is 9.59 Å². The van der Waals surface area contributed by atoms with Crippen molar-refractivity contribution in [2.24, 2.45) is 5.92 Å². The molecule has 1 aliphatic rings. The van der Waals surface area contributed by atoms with E-state index in [0.29, 0.717) is 31.8 Å². The second kappa shape index (κ2) is 6.78. The van der Waals surface area contributed by atoms with Crippen molar-refractivity contribution in [1.82, 2.24) is 10.2 Å². The maximum absolute atomic E-state index is 12.2. The molecule has 0 radical (unpaired) electrons. The first kappa shape index (κ1) is 15.8. The van der Waals surface area contributed by atoms with Crippen molar-refractivity contribution in [3.63, 3.8) is 0 Å². The molecule has 1 saturated carbocycles. The molecule has 0 unspecified atom stereocenters. The molecule has 1 fully saturated rings. The van der Waals surface area contributed by atoms with Crippen LogP contribution in [0.5, 0.6) is 0 Å². The summed E-state index contributed by atoms with van der Waals surface area (Å²) in [6, 6.07) is -0.250. The number of carbonyl (C=O) groups is 2. The normalized spacial score (nSPS) is 18.1.